The van der Waals surface area contributed by atoms with Crippen LogP contribution in [-0.2, 0) is 0 Å². The third-order valence-corrected chi connectivity index (χ3v) is 4.68. The van der Waals surface area contributed by atoms with Crippen molar-refractivity contribution >= 4 is 28.6 Å². The summed E-state index contributed by atoms with van der Waals surface area (Å²) in [5, 5.41) is 13.4. The van der Waals surface area contributed by atoms with Crippen LogP contribution >= 0.6 is 0 Å². The van der Waals surface area contributed by atoms with Gasteiger partial charge in [0.25, 0.3) is 5.91 Å². The average Bonchev–Trinajstić information content (AvgIpc) is 3.24. The number of carbonyl (C=O) groups excluding carboxylic acids is 1. The molecule has 3 aromatic carbocycles. The molecule has 6 nitrogen and oxygen atoms in total. The molecule has 0 aliphatic heterocycles. The van der Waals surface area contributed by atoms with Gasteiger partial charge in [0.1, 0.15) is 5.69 Å². The van der Waals surface area contributed by atoms with Crippen molar-refractivity contribution in [1.82, 2.24) is 15.6 Å². The molecule has 0 unspecified atom stereocenters. The number of amides is 1. The van der Waals surface area contributed by atoms with Crippen molar-refractivity contribution in [2.45, 2.75) is 0 Å². The van der Waals surface area contributed by atoms with Crippen molar-refractivity contribution in [2.75, 3.05) is 19.0 Å². The highest BCUT2D eigenvalue weighted by molar-refractivity contribution is 5.98. The third-order valence-electron chi connectivity index (χ3n) is 4.68. The molecule has 0 fully saturated rings. The first kappa shape index (κ1) is 18.4. The molecule has 29 heavy (non-hydrogen) atoms. The van der Waals surface area contributed by atoms with Crippen molar-refractivity contribution in [2.24, 2.45) is 5.10 Å². The summed E-state index contributed by atoms with van der Waals surface area (Å²) in [4.78, 5) is 14.4. The second-order valence-electron chi connectivity index (χ2n) is 6.88. The number of aromatic amines is 1. The zero-order valence-corrected chi connectivity index (χ0v) is 16.3. The van der Waals surface area contributed by atoms with Gasteiger partial charge in [0.05, 0.1) is 11.9 Å². The lowest BCUT2D eigenvalue weighted by atomic mass is 10.0. The quantitative estimate of drug-likeness (QED) is 0.403. The SMILES string of the molecule is CN(C)c1ccc(C=NNC(=O)c2cc(-c3cccc4ccccc34)n[nH]2)cc1. The van der Waals surface area contributed by atoms with Gasteiger partial charge in [-0.25, -0.2) is 5.43 Å². The molecule has 0 aliphatic rings. The smallest absolute Gasteiger partial charge is 0.289 e. The lowest BCUT2D eigenvalue weighted by Gasteiger charge is -2.11. The average molecular weight is 383 g/mol. The Morgan fingerprint density at radius 1 is 1.03 bits per heavy atom. The number of hydrogen-bond acceptors (Lipinski definition) is 4. The summed E-state index contributed by atoms with van der Waals surface area (Å²) < 4.78 is 0. The van der Waals surface area contributed by atoms with E-state index in [1.54, 1.807) is 12.3 Å². The standard InChI is InChI=1S/C23H21N5O/c1-28(2)18-12-10-16(11-13-18)15-24-27-23(29)22-14-21(25-26-22)20-9-5-7-17-6-3-4-8-19(17)20/h3-15H,1-2H3,(H,25,26)(H,27,29). The molecule has 0 saturated heterocycles. The number of nitrogens with one attached hydrogen (secondary N) is 2. The Bertz CT molecular complexity index is 1170. The van der Waals surface area contributed by atoms with Gasteiger partial charge in [0.15, 0.2) is 0 Å². The number of benzene rings is 3. The zero-order valence-electron chi connectivity index (χ0n) is 16.3. The van der Waals surface area contributed by atoms with E-state index in [0.29, 0.717) is 5.69 Å². The Kier molecular flexibility index (Phi) is 5.07. The van der Waals surface area contributed by atoms with E-state index in [0.717, 1.165) is 33.3 Å². The number of anilines is 1. The number of hydrazone groups is 1. The Hall–Kier alpha value is -3.93. The van der Waals surface area contributed by atoms with E-state index in [1.807, 2.05) is 73.6 Å². The third kappa shape index (κ3) is 4.01. The Labute approximate surface area is 168 Å². The highest BCUT2D eigenvalue weighted by Crippen LogP contribution is 2.27. The highest BCUT2D eigenvalue weighted by Gasteiger charge is 2.12. The molecule has 1 heterocycles. The highest BCUT2D eigenvalue weighted by atomic mass is 16.2. The monoisotopic (exact) mass is 383 g/mol. The summed E-state index contributed by atoms with van der Waals surface area (Å²) >= 11 is 0. The maximum absolute atomic E-state index is 12.4. The van der Waals surface area contributed by atoms with Crippen LogP contribution in [0.25, 0.3) is 22.0 Å². The predicted octanol–water partition coefficient (Wildman–Crippen LogP) is 4.06. The zero-order chi connectivity index (χ0) is 20.2. The van der Waals surface area contributed by atoms with Gasteiger partial charge < -0.3 is 4.90 Å². The minimum Gasteiger partial charge on any atom is -0.378 e. The number of nitrogens with zero attached hydrogens (tertiary/aromatic N) is 3. The van der Waals surface area contributed by atoms with Crippen LogP contribution in [0.15, 0.2) is 77.9 Å². The largest absolute Gasteiger partial charge is 0.378 e. The number of hydrogen-bond donors (Lipinski definition) is 2. The predicted molar refractivity (Wildman–Crippen MR) is 117 cm³/mol. The number of carbonyl (C=O) groups is 1. The van der Waals surface area contributed by atoms with Crippen LogP contribution in [0.3, 0.4) is 0 Å². The van der Waals surface area contributed by atoms with Crippen molar-refractivity contribution in [3.8, 4) is 11.3 Å². The molecular formula is C23H21N5O. The molecule has 0 bridgehead atoms. The molecule has 1 amide bonds. The van der Waals surface area contributed by atoms with Gasteiger partial charge in [-0.2, -0.15) is 10.2 Å². The number of H-pyrrole nitrogens is 1. The molecule has 144 valence electrons. The molecule has 6 heteroatoms. The minimum atomic E-state index is -0.342. The molecule has 0 atom stereocenters. The van der Waals surface area contributed by atoms with Crippen LogP contribution in [0.1, 0.15) is 16.1 Å². The first-order valence-electron chi connectivity index (χ1n) is 9.26. The lowest BCUT2D eigenvalue weighted by molar-refractivity contribution is 0.0950. The van der Waals surface area contributed by atoms with Gasteiger partial charge in [-0.15, -0.1) is 0 Å². The maximum atomic E-state index is 12.4. The Balaban J connectivity index is 1.47. The van der Waals surface area contributed by atoms with Crippen molar-refractivity contribution in [3.05, 3.63) is 84.1 Å². The Morgan fingerprint density at radius 2 is 1.79 bits per heavy atom. The molecule has 0 aliphatic carbocycles. The van der Waals surface area contributed by atoms with Crippen molar-refractivity contribution < 1.29 is 4.79 Å². The van der Waals surface area contributed by atoms with E-state index >= 15 is 0 Å². The van der Waals surface area contributed by atoms with Gasteiger partial charge in [-0.05, 0) is 34.5 Å². The van der Waals surface area contributed by atoms with Gasteiger partial charge in [-0.1, -0.05) is 54.6 Å². The first-order valence-corrected chi connectivity index (χ1v) is 9.26. The van der Waals surface area contributed by atoms with Gasteiger partial charge in [0.2, 0.25) is 0 Å². The fourth-order valence-corrected chi connectivity index (χ4v) is 3.11. The molecule has 0 radical (unpaired) electrons. The maximum Gasteiger partial charge on any atom is 0.289 e. The first-order chi connectivity index (χ1) is 14.1. The molecule has 4 aromatic rings. The lowest BCUT2D eigenvalue weighted by Crippen LogP contribution is -2.18. The van der Waals surface area contributed by atoms with E-state index in [1.165, 1.54) is 0 Å². The summed E-state index contributed by atoms with van der Waals surface area (Å²) in [5.41, 5.74) is 6.58. The number of rotatable bonds is 5. The summed E-state index contributed by atoms with van der Waals surface area (Å²) in [6, 6.07) is 23.7. The van der Waals surface area contributed by atoms with Crippen LogP contribution in [0.2, 0.25) is 0 Å². The molecule has 2 N–H and O–H groups in total. The molecule has 0 saturated carbocycles. The van der Waals surface area contributed by atoms with Crippen LogP contribution < -0.4 is 10.3 Å². The van der Waals surface area contributed by atoms with Crippen molar-refractivity contribution in [3.63, 3.8) is 0 Å². The van der Waals surface area contributed by atoms with E-state index in [-0.39, 0.29) is 5.91 Å². The molecular weight excluding hydrogens is 362 g/mol. The van der Waals surface area contributed by atoms with Crippen LogP contribution in [0.4, 0.5) is 5.69 Å². The minimum absolute atomic E-state index is 0.342. The number of fused-ring (bicyclic) bond motifs is 1. The molecule has 0 spiro atoms. The van der Waals surface area contributed by atoms with Crippen molar-refractivity contribution in [1.29, 1.82) is 0 Å². The van der Waals surface area contributed by atoms with E-state index < -0.39 is 0 Å². The number of aromatic nitrogens is 2. The summed E-state index contributed by atoms with van der Waals surface area (Å²) in [6.07, 6.45) is 1.61. The summed E-state index contributed by atoms with van der Waals surface area (Å²) in [6.45, 7) is 0. The van der Waals surface area contributed by atoms with Crippen LogP contribution in [0, 0.1) is 0 Å². The van der Waals surface area contributed by atoms with E-state index in [2.05, 4.69) is 32.9 Å². The van der Waals surface area contributed by atoms with E-state index in [9.17, 15) is 4.79 Å². The fourth-order valence-electron chi connectivity index (χ4n) is 3.11. The van der Waals surface area contributed by atoms with Crippen LogP contribution in [0.5, 0.6) is 0 Å². The Morgan fingerprint density at radius 3 is 2.59 bits per heavy atom. The van der Waals surface area contributed by atoms with Crippen LogP contribution in [-0.4, -0.2) is 36.4 Å². The fraction of sp³-hybridized carbons (Fsp3) is 0.0870. The molecule has 1 aromatic heterocycles. The van der Waals surface area contributed by atoms with Gasteiger partial charge in [-0.3, -0.25) is 9.89 Å². The second kappa shape index (κ2) is 7.98. The van der Waals surface area contributed by atoms with Gasteiger partial charge in [0, 0.05) is 25.3 Å². The summed E-state index contributed by atoms with van der Waals surface area (Å²) in [7, 11) is 3.97. The normalized spacial score (nSPS) is 11.1. The topological polar surface area (TPSA) is 73.4 Å². The van der Waals surface area contributed by atoms with E-state index in [4.69, 9.17) is 0 Å². The van der Waals surface area contributed by atoms with Gasteiger partial charge >= 0.3 is 0 Å². The molecule has 4 rings (SSSR count). The summed E-state index contributed by atoms with van der Waals surface area (Å²) in [5.74, 6) is -0.342. The second-order valence-corrected chi connectivity index (χ2v) is 6.88.